The van der Waals surface area contributed by atoms with Crippen molar-refractivity contribution in [2.45, 2.75) is 98.3 Å². The summed E-state index contributed by atoms with van der Waals surface area (Å²) in [7, 11) is 0. The van der Waals surface area contributed by atoms with E-state index in [4.69, 9.17) is 4.98 Å². The summed E-state index contributed by atoms with van der Waals surface area (Å²) >= 11 is 1.82. The lowest BCUT2D eigenvalue weighted by molar-refractivity contribution is 0.596. The maximum atomic E-state index is 5.36. The molecule has 3 heterocycles. The lowest BCUT2D eigenvalue weighted by Crippen LogP contribution is -2.61. The molecule has 5 heteroatoms. The zero-order valence-corrected chi connectivity index (χ0v) is 35.1. The van der Waals surface area contributed by atoms with E-state index in [2.05, 4.69) is 166 Å². The van der Waals surface area contributed by atoms with Gasteiger partial charge in [0, 0.05) is 39.7 Å². The third kappa shape index (κ3) is 6.88. The fourth-order valence-corrected chi connectivity index (χ4v) is 10.4. The van der Waals surface area contributed by atoms with Gasteiger partial charge in [-0.1, -0.05) is 119 Å². The Bertz CT molecular complexity index is 2520. The van der Waals surface area contributed by atoms with Crippen LogP contribution in [0.3, 0.4) is 0 Å². The highest BCUT2D eigenvalue weighted by Gasteiger charge is 2.43. The Hall–Kier alpha value is -5.13. The quantitative estimate of drug-likeness (QED) is 0.109. The van der Waals surface area contributed by atoms with Gasteiger partial charge in [0.05, 0.1) is 10.2 Å². The van der Waals surface area contributed by atoms with Gasteiger partial charge in [-0.15, -0.1) is 11.3 Å². The molecule has 0 aliphatic carbocycles. The van der Waals surface area contributed by atoms with Crippen LogP contribution in [-0.2, 0) is 12.8 Å². The highest BCUT2D eigenvalue weighted by molar-refractivity contribution is 7.21. The fraction of sp³-hybridized carbons (Fsp3) is 0.288. The van der Waals surface area contributed by atoms with Crippen molar-refractivity contribution in [2.24, 2.45) is 0 Å². The normalized spacial score (nSPS) is 13.5. The van der Waals surface area contributed by atoms with E-state index >= 15 is 0 Å². The van der Waals surface area contributed by atoms with Gasteiger partial charge in [0.1, 0.15) is 5.01 Å². The van der Waals surface area contributed by atoms with Crippen molar-refractivity contribution in [1.82, 2.24) is 4.98 Å². The van der Waals surface area contributed by atoms with Crippen LogP contribution < -0.4 is 26.2 Å². The smallest absolute Gasteiger partial charge is 0.252 e. The van der Waals surface area contributed by atoms with Gasteiger partial charge in [-0.05, 0) is 139 Å². The lowest BCUT2D eigenvalue weighted by Gasteiger charge is -2.44. The van der Waals surface area contributed by atoms with E-state index in [1.807, 2.05) is 11.3 Å². The number of hydrogen-bond acceptors (Lipinski definition) is 4. The topological polar surface area (TPSA) is 19.4 Å². The average molecular weight is 764 g/mol. The molecule has 6 aromatic carbocycles. The van der Waals surface area contributed by atoms with Crippen molar-refractivity contribution in [3.8, 4) is 10.6 Å². The lowest BCUT2D eigenvalue weighted by atomic mass is 9.33. The van der Waals surface area contributed by atoms with Crippen LogP contribution in [0.15, 0.2) is 121 Å². The average Bonchev–Trinajstić information content (AvgIpc) is 3.67. The molecule has 7 aromatic rings. The molecule has 1 atom stereocenters. The molecule has 0 N–H and O–H groups in total. The molecule has 286 valence electrons. The first-order valence-electron chi connectivity index (χ1n) is 21.6. The minimum atomic E-state index is 0.0834. The number of nitrogens with zero attached hydrogens (tertiary/aromatic N) is 3. The maximum absolute atomic E-state index is 5.36. The number of thiazole rings is 1. The second-order valence-corrected chi connectivity index (χ2v) is 17.4. The van der Waals surface area contributed by atoms with Crippen LogP contribution in [0.2, 0.25) is 0 Å². The summed E-state index contributed by atoms with van der Waals surface area (Å²) in [5.74, 6) is 0.618. The molecule has 0 saturated carbocycles. The van der Waals surface area contributed by atoms with E-state index in [0.717, 1.165) is 23.4 Å². The van der Waals surface area contributed by atoms with Crippen LogP contribution in [0.1, 0.15) is 101 Å². The van der Waals surface area contributed by atoms with E-state index in [-0.39, 0.29) is 6.71 Å². The Morgan fingerprint density at radius 3 is 1.82 bits per heavy atom. The maximum Gasteiger partial charge on any atom is 0.252 e. The van der Waals surface area contributed by atoms with E-state index < -0.39 is 0 Å². The molecule has 0 radical (unpaired) electrons. The Morgan fingerprint density at radius 1 is 0.614 bits per heavy atom. The molecule has 0 amide bonds. The van der Waals surface area contributed by atoms with E-state index in [9.17, 15) is 0 Å². The second-order valence-electron chi connectivity index (χ2n) is 16.3. The van der Waals surface area contributed by atoms with Crippen LogP contribution >= 0.6 is 11.3 Å². The highest BCUT2D eigenvalue weighted by Crippen LogP contribution is 2.45. The number of benzene rings is 6. The van der Waals surface area contributed by atoms with Crippen LogP contribution in [0.4, 0.5) is 34.1 Å². The second kappa shape index (κ2) is 16.0. The Balaban J connectivity index is 1.22. The minimum absolute atomic E-state index is 0.0834. The standard InChI is InChI=1S/C52H54BN3S/c1-6-10-14-36-19-27-41(28-20-36)55-46-31-18-35(5)32-43(46)53-44-33-50-45(54-52(57-50)40-25-23-39(24-26-40)38(9-4)13-8-3)34-49(44)56(48-17-12-16-47(55)51(48)53)42-29-21-37(22-30-42)15-11-7-2/h12,16-34,38H,6-11,13-15H2,1-5H3. The molecule has 1 aromatic heterocycles. The van der Waals surface area contributed by atoms with Crippen LogP contribution in [0.5, 0.6) is 0 Å². The summed E-state index contributed by atoms with van der Waals surface area (Å²) in [6.07, 6.45) is 10.7. The van der Waals surface area contributed by atoms with Crippen LogP contribution in [-0.4, -0.2) is 11.7 Å². The number of fused-ring (bicyclic) bond motifs is 5. The largest absolute Gasteiger partial charge is 0.311 e. The third-order valence-corrected chi connectivity index (χ3v) is 13.5. The predicted octanol–water partition coefficient (Wildman–Crippen LogP) is 13.3. The first-order chi connectivity index (χ1) is 28.0. The molecule has 0 bridgehead atoms. The number of aryl methyl sites for hydroxylation is 3. The number of anilines is 6. The van der Waals surface area contributed by atoms with E-state index in [0.29, 0.717) is 5.92 Å². The van der Waals surface area contributed by atoms with Gasteiger partial charge in [-0.2, -0.15) is 0 Å². The Kier molecular flexibility index (Phi) is 10.5. The first kappa shape index (κ1) is 37.5. The Labute approximate surface area is 344 Å². The molecule has 0 saturated heterocycles. The molecule has 57 heavy (non-hydrogen) atoms. The monoisotopic (exact) mass is 763 g/mol. The summed E-state index contributed by atoms with van der Waals surface area (Å²) in [6.45, 7) is 11.5. The van der Waals surface area contributed by atoms with Gasteiger partial charge >= 0.3 is 0 Å². The van der Waals surface area contributed by atoms with Gasteiger partial charge in [-0.25, -0.2) is 4.98 Å². The van der Waals surface area contributed by atoms with Crippen molar-refractivity contribution < 1.29 is 0 Å². The zero-order chi connectivity index (χ0) is 39.0. The molecule has 3 nitrogen and oxygen atoms in total. The summed E-state index contributed by atoms with van der Waals surface area (Å²) in [6, 6.07) is 46.8. The molecule has 2 aliphatic heterocycles. The predicted molar refractivity (Wildman–Crippen MR) is 249 cm³/mol. The third-order valence-electron chi connectivity index (χ3n) is 12.4. The molecule has 1 unspecified atom stereocenters. The van der Waals surface area contributed by atoms with Crippen molar-refractivity contribution in [1.29, 1.82) is 0 Å². The van der Waals surface area contributed by atoms with E-state index in [1.54, 1.807) is 0 Å². The van der Waals surface area contributed by atoms with Crippen molar-refractivity contribution in [3.05, 3.63) is 144 Å². The number of hydrogen-bond donors (Lipinski definition) is 0. The van der Waals surface area contributed by atoms with Crippen molar-refractivity contribution >= 4 is 78.8 Å². The van der Waals surface area contributed by atoms with Gasteiger partial charge in [0.25, 0.3) is 6.71 Å². The van der Waals surface area contributed by atoms with Gasteiger partial charge in [0.15, 0.2) is 0 Å². The van der Waals surface area contributed by atoms with Crippen molar-refractivity contribution in [2.75, 3.05) is 9.80 Å². The van der Waals surface area contributed by atoms with Crippen LogP contribution in [0.25, 0.3) is 20.8 Å². The summed E-state index contributed by atoms with van der Waals surface area (Å²) < 4.78 is 1.24. The molecule has 0 fully saturated rings. The SMILES string of the molecule is CCCCc1ccc(N2c3ccc(C)cc3B3c4cc5sc(-c6ccc(C(CC)CCC)cc6)nc5cc4N(c4ccc(CCCC)cc4)c4cccc2c43)cc1. The molecule has 2 aliphatic rings. The summed E-state index contributed by atoms with van der Waals surface area (Å²) in [4.78, 5) is 10.4. The summed E-state index contributed by atoms with van der Waals surface area (Å²) in [5.41, 5.74) is 19.2. The highest BCUT2D eigenvalue weighted by atomic mass is 32.1. The zero-order valence-electron chi connectivity index (χ0n) is 34.3. The number of rotatable bonds is 13. The first-order valence-corrected chi connectivity index (χ1v) is 22.4. The van der Waals surface area contributed by atoms with Gasteiger partial charge in [0.2, 0.25) is 0 Å². The fourth-order valence-electron chi connectivity index (χ4n) is 9.40. The Morgan fingerprint density at radius 2 is 1.23 bits per heavy atom. The van der Waals surface area contributed by atoms with Gasteiger partial charge in [-0.3, -0.25) is 0 Å². The van der Waals surface area contributed by atoms with Gasteiger partial charge < -0.3 is 9.80 Å². The van der Waals surface area contributed by atoms with Crippen LogP contribution in [0, 0.1) is 6.92 Å². The van der Waals surface area contributed by atoms with Crippen molar-refractivity contribution in [3.63, 3.8) is 0 Å². The summed E-state index contributed by atoms with van der Waals surface area (Å²) in [5, 5.41) is 1.08. The molecular weight excluding hydrogens is 709 g/mol. The van der Waals surface area contributed by atoms with E-state index in [1.165, 1.54) is 128 Å². The minimum Gasteiger partial charge on any atom is -0.311 e. The number of aromatic nitrogens is 1. The molecule has 0 spiro atoms. The molecular formula is C52H54BN3S. The number of unbranched alkanes of at least 4 members (excludes halogenated alkanes) is 2. The molecule has 9 rings (SSSR count).